The topological polar surface area (TPSA) is 151 Å². The van der Waals surface area contributed by atoms with Gasteiger partial charge in [-0.3, -0.25) is 19.5 Å². The zero-order valence-electron chi connectivity index (χ0n) is 16.8. The van der Waals surface area contributed by atoms with Gasteiger partial charge in [0.2, 0.25) is 17.8 Å². The highest BCUT2D eigenvalue weighted by atomic mass is 16.5. The second kappa shape index (κ2) is 8.39. The molecular formula is C18H26N6O5. The number of aromatic nitrogens is 4. The number of fused-ring (bicyclic) bond motifs is 1. The normalized spacial score (nSPS) is 21.9. The van der Waals surface area contributed by atoms with Crippen LogP contribution in [0.15, 0.2) is 6.33 Å². The third kappa shape index (κ3) is 4.36. The molecule has 2 aromatic heterocycles. The number of nitrogens with zero attached hydrogens (tertiary/aromatic N) is 4. The predicted octanol–water partition coefficient (Wildman–Crippen LogP) is 0.656. The highest BCUT2D eigenvalue weighted by Crippen LogP contribution is 2.32. The quantitative estimate of drug-likeness (QED) is 0.546. The Balaban J connectivity index is 2.03. The van der Waals surface area contributed by atoms with E-state index < -0.39 is 18.4 Å². The van der Waals surface area contributed by atoms with Crippen LogP contribution in [0.5, 0.6) is 0 Å². The molecular weight excluding hydrogens is 380 g/mol. The second-order valence-corrected chi connectivity index (χ2v) is 7.62. The number of rotatable bonds is 6. The number of carbonyl (C=O) groups excluding carboxylic acids is 2. The lowest BCUT2D eigenvalue weighted by Crippen LogP contribution is -2.24. The Morgan fingerprint density at radius 3 is 2.45 bits per heavy atom. The van der Waals surface area contributed by atoms with E-state index in [4.69, 9.17) is 4.74 Å². The van der Waals surface area contributed by atoms with Crippen molar-refractivity contribution in [2.24, 2.45) is 11.8 Å². The number of carbonyl (C=O) groups is 2. The van der Waals surface area contributed by atoms with Crippen LogP contribution >= 0.6 is 0 Å². The first-order valence-electron chi connectivity index (χ1n) is 9.52. The molecule has 2 amide bonds. The maximum atomic E-state index is 12.2. The van der Waals surface area contributed by atoms with Crippen molar-refractivity contribution in [1.29, 1.82) is 0 Å². The summed E-state index contributed by atoms with van der Waals surface area (Å²) in [6.45, 7) is 6.66. The van der Waals surface area contributed by atoms with Crippen molar-refractivity contribution in [2.45, 2.75) is 52.6 Å². The van der Waals surface area contributed by atoms with Gasteiger partial charge in [-0.05, 0) is 0 Å². The molecule has 29 heavy (non-hydrogen) atoms. The molecule has 11 heteroatoms. The SMILES string of the molecule is CC(C)C(=O)Nc1nc(NC(=O)C(C)C)c2ncn(C3CC(O)C(CO)O3)c2n1. The Labute approximate surface area is 167 Å². The summed E-state index contributed by atoms with van der Waals surface area (Å²) in [4.78, 5) is 37.2. The average Bonchev–Trinajstić information content (AvgIpc) is 3.24. The molecule has 1 aliphatic heterocycles. The van der Waals surface area contributed by atoms with Crippen molar-refractivity contribution >= 4 is 34.7 Å². The third-order valence-electron chi connectivity index (χ3n) is 4.64. The van der Waals surface area contributed by atoms with Crippen LogP contribution in [0, 0.1) is 11.8 Å². The lowest BCUT2D eigenvalue weighted by molar-refractivity contribution is -0.119. The van der Waals surface area contributed by atoms with Gasteiger partial charge >= 0.3 is 0 Å². The van der Waals surface area contributed by atoms with Crippen molar-refractivity contribution < 1.29 is 24.5 Å². The standard InChI is InChI=1S/C18H26N6O5/c1-8(2)16(27)20-14-13-15(22-18(21-14)23-17(28)9(3)4)24(7-19-13)12-5-10(26)11(6-25)29-12/h7-12,25-26H,5-6H2,1-4H3,(H2,20,21,22,23,27,28). The number of hydrogen-bond acceptors (Lipinski definition) is 8. The number of aliphatic hydroxyl groups excluding tert-OH is 2. The predicted molar refractivity (Wildman–Crippen MR) is 104 cm³/mol. The molecule has 3 rings (SSSR count). The van der Waals surface area contributed by atoms with Gasteiger partial charge in [0.15, 0.2) is 17.0 Å². The van der Waals surface area contributed by atoms with Crippen LogP contribution in [0.4, 0.5) is 11.8 Å². The molecule has 0 saturated carbocycles. The number of hydrogen-bond donors (Lipinski definition) is 4. The third-order valence-corrected chi connectivity index (χ3v) is 4.64. The van der Waals surface area contributed by atoms with Gasteiger partial charge in [0.25, 0.3) is 0 Å². The van der Waals surface area contributed by atoms with Gasteiger partial charge in [0.05, 0.1) is 19.0 Å². The molecule has 3 unspecified atom stereocenters. The molecule has 0 aromatic carbocycles. The first-order chi connectivity index (χ1) is 13.7. The molecule has 3 atom stereocenters. The van der Waals surface area contributed by atoms with Crippen molar-refractivity contribution in [3.8, 4) is 0 Å². The van der Waals surface area contributed by atoms with Crippen molar-refractivity contribution in [1.82, 2.24) is 19.5 Å². The van der Waals surface area contributed by atoms with Gasteiger partial charge in [0.1, 0.15) is 12.3 Å². The van der Waals surface area contributed by atoms with Gasteiger partial charge in [-0.2, -0.15) is 9.97 Å². The molecule has 0 spiro atoms. The highest BCUT2D eigenvalue weighted by molar-refractivity contribution is 5.99. The van der Waals surface area contributed by atoms with Crippen LogP contribution in [-0.2, 0) is 14.3 Å². The van der Waals surface area contributed by atoms with Crippen LogP contribution in [0.2, 0.25) is 0 Å². The Hall–Kier alpha value is -2.63. The minimum atomic E-state index is -0.829. The summed E-state index contributed by atoms with van der Waals surface area (Å²) in [5, 5.41) is 24.7. The number of imidazole rings is 1. The Bertz CT molecular complexity index is 912. The monoisotopic (exact) mass is 406 g/mol. The zero-order valence-corrected chi connectivity index (χ0v) is 16.8. The first kappa shape index (κ1) is 21.1. The van der Waals surface area contributed by atoms with Gasteiger partial charge < -0.3 is 20.3 Å². The molecule has 0 radical (unpaired) electrons. The van der Waals surface area contributed by atoms with Gasteiger partial charge in [0, 0.05) is 18.3 Å². The van der Waals surface area contributed by atoms with Gasteiger partial charge in [-0.25, -0.2) is 4.98 Å². The van der Waals surface area contributed by atoms with Crippen molar-refractivity contribution in [2.75, 3.05) is 17.2 Å². The smallest absolute Gasteiger partial charge is 0.233 e. The van der Waals surface area contributed by atoms with Crippen molar-refractivity contribution in [3.63, 3.8) is 0 Å². The van der Waals surface area contributed by atoms with E-state index in [0.29, 0.717) is 11.2 Å². The molecule has 4 N–H and O–H groups in total. The Morgan fingerprint density at radius 2 is 1.86 bits per heavy atom. The Kier molecular flexibility index (Phi) is 6.10. The number of aliphatic hydroxyl groups is 2. The van der Waals surface area contributed by atoms with Crippen LogP contribution in [0.3, 0.4) is 0 Å². The van der Waals surface area contributed by atoms with Crippen LogP contribution in [-0.4, -0.2) is 60.4 Å². The summed E-state index contributed by atoms with van der Waals surface area (Å²) in [6, 6.07) is 0. The van der Waals surface area contributed by atoms with Gasteiger partial charge in [-0.1, -0.05) is 27.7 Å². The fraction of sp³-hybridized carbons (Fsp3) is 0.611. The summed E-state index contributed by atoms with van der Waals surface area (Å²) < 4.78 is 7.27. The zero-order chi connectivity index (χ0) is 21.3. The number of amides is 2. The minimum Gasteiger partial charge on any atom is -0.394 e. The van der Waals surface area contributed by atoms with E-state index in [-0.39, 0.29) is 48.4 Å². The fourth-order valence-corrected chi connectivity index (χ4v) is 2.84. The molecule has 2 aromatic rings. The molecule has 1 fully saturated rings. The molecule has 3 heterocycles. The summed E-state index contributed by atoms with van der Waals surface area (Å²) in [5.74, 6) is -0.906. The van der Waals surface area contributed by atoms with E-state index in [9.17, 15) is 19.8 Å². The summed E-state index contributed by atoms with van der Waals surface area (Å²) in [5.41, 5.74) is 0.654. The lowest BCUT2D eigenvalue weighted by atomic mass is 10.2. The van der Waals surface area contributed by atoms with E-state index in [0.717, 1.165) is 0 Å². The summed E-state index contributed by atoms with van der Waals surface area (Å²) in [7, 11) is 0. The fourth-order valence-electron chi connectivity index (χ4n) is 2.84. The number of nitrogens with one attached hydrogen (secondary N) is 2. The molecule has 0 aliphatic carbocycles. The summed E-state index contributed by atoms with van der Waals surface area (Å²) >= 11 is 0. The van der Waals surface area contributed by atoms with Crippen LogP contribution < -0.4 is 10.6 Å². The maximum absolute atomic E-state index is 12.2. The Morgan fingerprint density at radius 1 is 1.21 bits per heavy atom. The van der Waals surface area contributed by atoms with E-state index in [2.05, 4.69) is 25.6 Å². The maximum Gasteiger partial charge on any atom is 0.233 e. The average molecular weight is 406 g/mol. The highest BCUT2D eigenvalue weighted by Gasteiger charge is 2.35. The summed E-state index contributed by atoms with van der Waals surface area (Å²) in [6.07, 6.45) is -0.439. The molecule has 158 valence electrons. The molecule has 1 aliphatic rings. The molecule has 1 saturated heterocycles. The van der Waals surface area contributed by atoms with E-state index in [1.807, 2.05) is 0 Å². The van der Waals surface area contributed by atoms with Crippen LogP contribution in [0.1, 0.15) is 40.3 Å². The molecule has 11 nitrogen and oxygen atoms in total. The van der Waals surface area contributed by atoms with E-state index in [1.54, 1.807) is 32.3 Å². The van der Waals surface area contributed by atoms with Gasteiger partial charge in [-0.15, -0.1) is 0 Å². The minimum absolute atomic E-state index is 0.0225. The second-order valence-electron chi connectivity index (χ2n) is 7.62. The van der Waals surface area contributed by atoms with E-state index in [1.165, 1.54) is 6.33 Å². The first-order valence-corrected chi connectivity index (χ1v) is 9.52. The number of anilines is 2. The largest absolute Gasteiger partial charge is 0.394 e. The number of ether oxygens (including phenoxy) is 1. The lowest BCUT2D eigenvalue weighted by Gasteiger charge is -2.15. The van der Waals surface area contributed by atoms with Crippen molar-refractivity contribution in [3.05, 3.63) is 6.33 Å². The van der Waals surface area contributed by atoms with Crippen LogP contribution in [0.25, 0.3) is 11.2 Å². The van der Waals surface area contributed by atoms with E-state index >= 15 is 0 Å². The molecule has 0 bridgehead atoms.